The van der Waals surface area contributed by atoms with Gasteiger partial charge in [0.25, 0.3) is 0 Å². The van der Waals surface area contributed by atoms with E-state index in [4.69, 9.17) is 9.84 Å². The number of benzene rings is 1. The second-order valence-electron chi connectivity index (χ2n) is 4.76. The van der Waals surface area contributed by atoms with Gasteiger partial charge in [-0.1, -0.05) is 6.07 Å². The van der Waals surface area contributed by atoms with Crippen LogP contribution < -0.4 is 4.74 Å². The largest absolute Gasteiger partial charge is 0.478 e. The van der Waals surface area contributed by atoms with E-state index in [9.17, 15) is 10.1 Å². The van der Waals surface area contributed by atoms with Crippen LogP contribution in [-0.2, 0) is 0 Å². The lowest BCUT2D eigenvalue weighted by Gasteiger charge is -2.11. The first-order valence-corrected chi connectivity index (χ1v) is 6.32. The summed E-state index contributed by atoms with van der Waals surface area (Å²) in [4.78, 5) is 15.2. The van der Waals surface area contributed by atoms with E-state index < -0.39 is 5.97 Å². The molecule has 0 saturated heterocycles. The molecule has 0 amide bonds. The Morgan fingerprint density at radius 2 is 1.95 bits per heavy atom. The van der Waals surface area contributed by atoms with Gasteiger partial charge in [-0.15, -0.1) is 0 Å². The van der Waals surface area contributed by atoms with Crippen molar-refractivity contribution < 1.29 is 14.6 Å². The van der Waals surface area contributed by atoms with Crippen molar-refractivity contribution in [3.63, 3.8) is 0 Å². The second-order valence-corrected chi connectivity index (χ2v) is 4.76. The van der Waals surface area contributed by atoms with Crippen molar-refractivity contribution in [3.8, 4) is 17.7 Å². The molecule has 0 spiro atoms. The van der Waals surface area contributed by atoms with Crippen molar-refractivity contribution >= 4 is 5.97 Å². The number of aromatic nitrogens is 1. The molecule has 2 rings (SSSR count). The van der Waals surface area contributed by atoms with E-state index in [1.807, 2.05) is 6.92 Å². The molecule has 1 heterocycles. The van der Waals surface area contributed by atoms with Crippen molar-refractivity contribution in [2.24, 2.45) is 0 Å². The number of rotatable bonds is 3. The normalized spacial score (nSPS) is 10.0. The van der Waals surface area contributed by atoms with Gasteiger partial charge in [0, 0.05) is 5.69 Å². The van der Waals surface area contributed by atoms with Gasteiger partial charge in [0.05, 0.1) is 5.56 Å². The Bertz CT molecular complexity index is 761. The Hall–Kier alpha value is -2.87. The van der Waals surface area contributed by atoms with Crippen molar-refractivity contribution in [1.29, 1.82) is 5.26 Å². The quantitative estimate of drug-likeness (QED) is 0.933. The summed E-state index contributed by atoms with van der Waals surface area (Å²) < 4.78 is 5.69. The highest BCUT2D eigenvalue weighted by atomic mass is 16.5. The van der Waals surface area contributed by atoms with Crippen LogP contribution in [0, 0.1) is 32.1 Å². The summed E-state index contributed by atoms with van der Waals surface area (Å²) in [5.74, 6) is -0.460. The Labute approximate surface area is 122 Å². The van der Waals surface area contributed by atoms with Gasteiger partial charge >= 0.3 is 5.97 Å². The molecular formula is C16H14N2O3. The molecule has 5 nitrogen and oxygen atoms in total. The third-order valence-electron chi connectivity index (χ3n) is 3.07. The maximum absolute atomic E-state index is 11.0. The number of aromatic carboxylic acids is 1. The summed E-state index contributed by atoms with van der Waals surface area (Å²) >= 11 is 0. The number of hydrogen-bond acceptors (Lipinski definition) is 4. The van der Waals surface area contributed by atoms with Crippen LogP contribution in [0.3, 0.4) is 0 Å². The van der Waals surface area contributed by atoms with Gasteiger partial charge < -0.3 is 9.84 Å². The predicted molar refractivity (Wildman–Crippen MR) is 76.6 cm³/mol. The second kappa shape index (κ2) is 5.63. The molecule has 0 radical (unpaired) electrons. The van der Waals surface area contributed by atoms with Gasteiger partial charge in [-0.25, -0.2) is 9.78 Å². The van der Waals surface area contributed by atoms with E-state index in [0.29, 0.717) is 11.3 Å². The van der Waals surface area contributed by atoms with Crippen LogP contribution in [0.25, 0.3) is 0 Å². The summed E-state index contributed by atoms with van der Waals surface area (Å²) in [5, 5.41) is 18.2. The number of ether oxygens (including phenoxy) is 1. The molecule has 2 aromatic rings. The molecule has 0 unspecified atom stereocenters. The van der Waals surface area contributed by atoms with Crippen LogP contribution in [0.2, 0.25) is 0 Å². The van der Waals surface area contributed by atoms with Gasteiger partial charge in [0.2, 0.25) is 5.88 Å². The van der Waals surface area contributed by atoms with Crippen LogP contribution in [-0.4, -0.2) is 16.1 Å². The van der Waals surface area contributed by atoms with Crippen LogP contribution in [0.1, 0.15) is 32.7 Å². The number of hydrogen-bond donors (Lipinski definition) is 1. The molecule has 1 aromatic carbocycles. The lowest BCUT2D eigenvalue weighted by atomic mass is 10.1. The zero-order valence-electron chi connectivity index (χ0n) is 12.0. The first kappa shape index (κ1) is 14.5. The zero-order chi connectivity index (χ0) is 15.6. The minimum atomic E-state index is -1.03. The summed E-state index contributed by atoms with van der Waals surface area (Å²) in [6.45, 7) is 5.41. The van der Waals surface area contributed by atoms with Crippen LogP contribution >= 0.6 is 0 Å². The third-order valence-corrected chi connectivity index (χ3v) is 3.07. The van der Waals surface area contributed by atoms with Crippen LogP contribution in [0.5, 0.6) is 11.6 Å². The Morgan fingerprint density at radius 1 is 1.24 bits per heavy atom. The highest BCUT2D eigenvalue weighted by Crippen LogP contribution is 2.29. The molecule has 106 valence electrons. The first-order chi connectivity index (χ1) is 9.92. The number of carboxylic acids is 1. The molecular weight excluding hydrogens is 268 g/mol. The monoisotopic (exact) mass is 282 g/mol. The lowest BCUT2D eigenvalue weighted by molar-refractivity contribution is 0.0696. The summed E-state index contributed by atoms with van der Waals surface area (Å²) in [7, 11) is 0. The highest BCUT2D eigenvalue weighted by Gasteiger charge is 2.13. The Balaban J connectivity index is 2.50. The van der Waals surface area contributed by atoms with E-state index in [1.54, 1.807) is 26.0 Å². The smallest absolute Gasteiger partial charge is 0.335 e. The molecule has 0 aliphatic carbocycles. The number of carboxylic acid groups (broad SMARTS) is 1. The zero-order valence-corrected chi connectivity index (χ0v) is 12.0. The molecule has 0 saturated carbocycles. The summed E-state index contributed by atoms with van der Waals surface area (Å²) in [6, 6.07) is 8.46. The number of nitrogens with zero attached hydrogens (tertiary/aromatic N) is 2. The van der Waals surface area contributed by atoms with Gasteiger partial charge in [-0.3, -0.25) is 0 Å². The number of nitriles is 1. The molecule has 5 heteroatoms. The minimum absolute atomic E-state index is 0.124. The summed E-state index contributed by atoms with van der Waals surface area (Å²) in [5.41, 5.74) is 2.74. The minimum Gasteiger partial charge on any atom is -0.478 e. The Morgan fingerprint density at radius 3 is 2.57 bits per heavy atom. The summed E-state index contributed by atoms with van der Waals surface area (Å²) in [6.07, 6.45) is 0. The van der Waals surface area contributed by atoms with E-state index in [2.05, 4.69) is 11.1 Å². The highest BCUT2D eigenvalue weighted by molar-refractivity contribution is 5.88. The maximum atomic E-state index is 11.0. The molecule has 0 atom stereocenters. The van der Waals surface area contributed by atoms with Crippen LogP contribution in [0.4, 0.5) is 0 Å². The molecule has 0 bridgehead atoms. The number of aryl methyl sites for hydroxylation is 3. The molecule has 0 aliphatic rings. The fraction of sp³-hybridized carbons (Fsp3) is 0.188. The third kappa shape index (κ3) is 3.00. The van der Waals surface area contributed by atoms with E-state index in [-0.39, 0.29) is 11.4 Å². The predicted octanol–water partition coefficient (Wildman–Crippen LogP) is 3.37. The fourth-order valence-electron chi connectivity index (χ4n) is 1.96. The van der Waals surface area contributed by atoms with Gasteiger partial charge in [-0.2, -0.15) is 5.26 Å². The van der Waals surface area contributed by atoms with Crippen LogP contribution in [0.15, 0.2) is 24.3 Å². The SMILES string of the molecule is Cc1cc(C)c(C#N)c(Oc2cc(C(=O)O)ccc2C)n1. The average Bonchev–Trinajstić information content (AvgIpc) is 2.40. The van der Waals surface area contributed by atoms with E-state index in [0.717, 1.165) is 16.8 Å². The fourth-order valence-corrected chi connectivity index (χ4v) is 1.96. The van der Waals surface area contributed by atoms with Crippen molar-refractivity contribution in [1.82, 2.24) is 4.98 Å². The van der Waals surface area contributed by atoms with Gasteiger partial charge in [0.15, 0.2) is 0 Å². The van der Waals surface area contributed by atoms with Crippen molar-refractivity contribution in [2.45, 2.75) is 20.8 Å². The van der Waals surface area contributed by atoms with Crippen molar-refractivity contribution in [3.05, 3.63) is 52.2 Å². The molecule has 1 aromatic heterocycles. The number of carbonyl (C=O) groups is 1. The van der Waals surface area contributed by atoms with Crippen molar-refractivity contribution in [2.75, 3.05) is 0 Å². The van der Waals surface area contributed by atoms with E-state index in [1.165, 1.54) is 12.1 Å². The van der Waals surface area contributed by atoms with E-state index >= 15 is 0 Å². The number of pyridine rings is 1. The molecule has 0 fully saturated rings. The topological polar surface area (TPSA) is 83.2 Å². The first-order valence-electron chi connectivity index (χ1n) is 6.32. The average molecular weight is 282 g/mol. The maximum Gasteiger partial charge on any atom is 0.335 e. The Kier molecular flexibility index (Phi) is 3.90. The molecule has 0 aliphatic heterocycles. The van der Waals surface area contributed by atoms with Gasteiger partial charge in [0.1, 0.15) is 17.4 Å². The van der Waals surface area contributed by atoms with Gasteiger partial charge in [-0.05, 0) is 50.1 Å². The molecule has 1 N–H and O–H groups in total. The standard InChI is InChI=1S/C16H14N2O3/c1-9-4-5-12(16(19)20)7-14(9)21-15-13(8-17)10(2)6-11(3)18-15/h4-7H,1-3H3,(H,19,20). The molecule has 21 heavy (non-hydrogen) atoms. The lowest BCUT2D eigenvalue weighted by Crippen LogP contribution is -2.00.